The highest BCUT2D eigenvalue weighted by atomic mass is 16.3. The third kappa shape index (κ3) is 4.07. The van der Waals surface area contributed by atoms with Crippen LogP contribution in [0.25, 0.3) is 17.2 Å². The number of para-hydroxylation sites is 2. The maximum atomic E-state index is 12.3. The van der Waals surface area contributed by atoms with Crippen molar-refractivity contribution in [1.29, 1.82) is 0 Å². The number of piperazine rings is 1. The van der Waals surface area contributed by atoms with E-state index in [9.17, 15) is 4.79 Å². The minimum atomic E-state index is -0.214. The van der Waals surface area contributed by atoms with Crippen molar-refractivity contribution in [2.75, 3.05) is 43.4 Å². The summed E-state index contributed by atoms with van der Waals surface area (Å²) in [5.74, 6) is 0.201. The molecule has 4 rings (SSSR count). The van der Waals surface area contributed by atoms with Crippen LogP contribution < -0.4 is 10.2 Å². The lowest BCUT2D eigenvalue weighted by molar-refractivity contribution is -0.111. The van der Waals surface area contributed by atoms with E-state index in [0.29, 0.717) is 11.5 Å². The van der Waals surface area contributed by atoms with Gasteiger partial charge in [-0.3, -0.25) is 4.79 Å². The Kier molecular flexibility index (Phi) is 5.12. The Balaban J connectivity index is 1.40. The van der Waals surface area contributed by atoms with E-state index in [-0.39, 0.29) is 5.91 Å². The van der Waals surface area contributed by atoms with Gasteiger partial charge < -0.3 is 19.5 Å². The normalized spacial score (nSPS) is 15.4. The molecule has 144 valence electrons. The molecule has 1 saturated heterocycles. The number of nitrogens with one attached hydrogen (secondary N) is 1. The third-order valence-electron chi connectivity index (χ3n) is 5.00. The number of aryl methyl sites for hydroxylation is 1. The fourth-order valence-electron chi connectivity index (χ4n) is 3.43. The lowest BCUT2D eigenvalue weighted by Crippen LogP contribution is -2.44. The lowest BCUT2D eigenvalue weighted by atomic mass is 10.1. The summed E-state index contributed by atoms with van der Waals surface area (Å²) in [6.07, 6.45) is 3.02. The van der Waals surface area contributed by atoms with Crippen LogP contribution in [-0.4, -0.2) is 49.0 Å². The summed E-state index contributed by atoms with van der Waals surface area (Å²) in [7, 11) is 2.15. The van der Waals surface area contributed by atoms with E-state index in [0.717, 1.165) is 42.9 Å². The highest BCUT2D eigenvalue weighted by Gasteiger charge is 2.16. The summed E-state index contributed by atoms with van der Waals surface area (Å²) in [5.41, 5.74) is 4.65. The molecule has 1 amide bonds. The minimum absolute atomic E-state index is 0.214. The second kappa shape index (κ2) is 7.86. The van der Waals surface area contributed by atoms with Crippen LogP contribution in [0.1, 0.15) is 11.5 Å². The van der Waals surface area contributed by atoms with Gasteiger partial charge in [-0.1, -0.05) is 12.1 Å². The smallest absolute Gasteiger partial charge is 0.248 e. The first-order chi connectivity index (χ1) is 13.6. The Morgan fingerprint density at radius 3 is 2.68 bits per heavy atom. The maximum Gasteiger partial charge on any atom is 0.248 e. The molecule has 1 aliphatic heterocycles. The summed E-state index contributed by atoms with van der Waals surface area (Å²) < 4.78 is 5.59. The number of likely N-dealkylation sites (N-methyl/N-ethyl adjacent to an activating group) is 1. The zero-order valence-electron chi connectivity index (χ0n) is 16.2. The highest BCUT2D eigenvalue weighted by Crippen LogP contribution is 2.24. The number of rotatable bonds is 4. The number of amides is 1. The van der Waals surface area contributed by atoms with Crippen molar-refractivity contribution >= 4 is 34.5 Å². The van der Waals surface area contributed by atoms with E-state index in [1.807, 2.05) is 36.4 Å². The van der Waals surface area contributed by atoms with Crippen LogP contribution in [0.2, 0.25) is 0 Å². The third-order valence-corrected chi connectivity index (χ3v) is 5.00. The Morgan fingerprint density at radius 1 is 1.14 bits per heavy atom. The van der Waals surface area contributed by atoms with E-state index >= 15 is 0 Å². The number of hydrogen-bond donors (Lipinski definition) is 1. The summed E-state index contributed by atoms with van der Waals surface area (Å²) >= 11 is 0. The van der Waals surface area contributed by atoms with Gasteiger partial charge in [0.15, 0.2) is 5.58 Å². The average molecular weight is 376 g/mol. The standard InChI is InChI=1S/C22H24N4O2/c1-16-15-17(7-8-19(16)26-13-11-25(2)12-14-26)23-21(27)9-10-22-24-18-5-3-4-6-20(18)28-22/h3-10,15H,11-14H2,1-2H3,(H,23,27)/b10-9+. The second-order valence-electron chi connectivity index (χ2n) is 7.13. The van der Waals surface area contributed by atoms with Crippen LogP contribution in [0.5, 0.6) is 0 Å². The molecule has 1 N–H and O–H groups in total. The molecule has 2 aromatic carbocycles. The molecule has 6 nitrogen and oxygen atoms in total. The molecule has 1 fully saturated rings. The molecular formula is C22H24N4O2. The predicted molar refractivity (Wildman–Crippen MR) is 113 cm³/mol. The van der Waals surface area contributed by atoms with Crippen molar-refractivity contribution in [3.63, 3.8) is 0 Å². The second-order valence-corrected chi connectivity index (χ2v) is 7.13. The first-order valence-corrected chi connectivity index (χ1v) is 9.47. The van der Waals surface area contributed by atoms with Crippen LogP contribution in [0.3, 0.4) is 0 Å². The van der Waals surface area contributed by atoms with Gasteiger partial charge in [-0.05, 0) is 49.9 Å². The molecule has 2 heterocycles. The van der Waals surface area contributed by atoms with Crippen LogP contribution in [-0.2, 0) is 4.79 Å². The summed E-state index contributed by atoms with van der Waals surface area (Å²) in [4.78, 5) is 21.3. The van der Waals surface area contributed by atoms with Crippen molar-refractivity contribution < 1.29 is 9.21 Å². The van der Waals surface area contributed by atoms with Gasteiger partial charge in [0.05, 0.1) is 0 Å². The van der Waals surface area contributed by atoms with Crippen LogP contribution in [0.15, 0.2) is 53.0 Å². The van der Waals surface area contributed by atoms with E-state index in [2.05, 4.69) is 40.1 Å². The zero-order chi connectivity index (χ0) is 19.5. The van der Waals surface area contributed by atoms with Crippen LogP contribution >= 0.6 is 0 Å². The molecule has 1 aromatic heterocycles. The molecule has 0 atom stereocenters. The van der Waals surface area contributed by atoms with E-state index in [1.165, 1.54) is 11.8 Å². The van der Waals surface area contributed by atoms with Gasteiger partial charge in [0.1, 0.15) is 5.52 Å². The molecule has 3 aromatic rings. The van der Waals surface area contributed by atoms with Gasteiger partial charge in [-0.2, -0.15) is 0 Å². The molecule has 1 aliphatic rings. The van der Waals surface area contributed by atoms with Gasteiger partial charge >= 0.3 is 0 Å². The number of anilines is 2. The molecule has 0 saturated carbocycles. The van der Waals surface area contributed by atoms with Crippen LogP contribution in [0, 0.1) is 6.92 Å². The Hall–Kier alpha value is -3.12. The minimum Gasteiger partial charge on any atom is -0.437 e. The van der Waals surface area contributed by atoms with Gasteiger partial charge in [0.2, 0.25) is 11.8 Å². The van der Waals surface area contributed by atoms with Gasteiger partial charge in [-0.15, -0.1) is 0 Å². The number of carbonyl (C=O) groups excluding carboxylic acids is 1. The van der Waals surface area contributed by atoms with Gasteiger partial charge in [0, 0.05) is 49.7 Å². The molecule has 0 unspecified atom stereocenters. The SMILES string of the molecule is Cc1cc(NC(=O)/C=C/c2nc3ccccc3o2)ccc1N1CCN(C)CC1. The van der Waals surface area contributed by atoms with Crippen molar-refractivity contribution in [2.45, 2.75) is 6.92 Å². The number of aromatic nitrogens is 1. The van der Waals surface area contributed by atoms with Crippen molar-refractivity contribution in [3.8, 4) is 0 Å². The number of nitrogens with zero attached hydrogens (tertiary/aromatic N) is 3. The topological polar surface area (TPSA) is 61.6 Å². The number of carbonyl (C=O) groups is 1. The maximum absolute atomic E-state index is 12.3. The summed E-state index contributed by atoms with van der Waals surface area (Å²) in [6.45, 7) is 6.27. The van der Waals surface area contributed by atoms with E-state index in [1.54, 1.807) is 6.08 Å². The molecule has 0 spiro atoms. The number of hydrogen-bond acceptors (Lipinski definition) is 5. The largest absolute Gasteiger partial charge is 0.437 e. The van der Waals surface area contributed by atoms with Gasteiger partial charge in [-0.25, -0.2) is 4.98 Å². The molecule has 6 heteroatoms. The van der Waals surface area contributed by atoms with E-state index < -0.39 is 0 Å². The quantitative estimate of drug-likeness (QED) is 0.706. The van der Waals surface area contributed by atoms with E-state index in [4.69, 9.17) is 4.42 Å². The molecule has 28 heavy (non-hydrogen) atoms. The molecular weight excluding hydrogens is 352 g/mol. The fourth-order valence-corrected chi connectivity index (χ4v) is 3.43. The lowest BCUT2D eigenvalue weighted by Gasteiger charge is -2.35. The predicted octanol–water partition coefficient (Wildman–Crippen LogP) is 3.54. The first kappa shape index (κ1) is 18.3. The molecule has 0 bridgehead atoms. The van der Waals surface area contributed by atoms with Crippen molar-refractivity contribution in [1.82, 2.24) is 9.88 Å². The fraction of sp³-hybridized carbons (Fsp3) is 0.273. The Labute approximate surface area is 164 Å². The summed E-state index contributed by atoms with van der Waals surface area (Å²) in [5, 5.41) is 2.90. The van der Waals surface area contributed by atoms with Crippen molar-refractivity contribution in [3.05, 3.63) is 60.0 Å². The first-order valence-electron chi connectivity index (χ1n) is 9.47. The summed E-state index contributed by atoms with van der Waals surface area (Å²) in [6, 6.07) is 13.6. The molecule has 0 aliphatic carbocycles. The number of fused-ring (bicyclic) bond motifs is 1. The Morgan fingerprint density at radius 2 is 1.93 bits per heavy atom. The van der Waals surface area contributed by atoms with Gasteiger partial charge in [0.25, 0.3) is 0 Å². The highest BCUT2D eigenvalue weighted by molar-refractivity contribution is 6.02. The molecule has 0 radical (unpaired) electrons. The number of benzene rings is 2. The number of oxazole rings is 1. The average Bonchev–Trinajstić information content (AvgIpc) is 3.10. The van der Waals surface area contributed by atoms with Crippen LogP contribution in [0.4, 0.5) is 11.4 Å². The zero-order valence-corrected chi connectivity index (χ0v) is 16.2. The Bertz CT molecular complexity index is 983. The monoisotopic (exact) mass is 376 g/mol. The van der Waals surface area contributed by atoms with Crippen molar-refractivity contribution in [2.24, 2.45) is 0 Å².